The molecule has 0 unspecified atom stereocenters. The molecule has 2 heteroatoms. The van der Waals surface area contributed by atoms with Gasteiger partial charge in [-0.2, -0.15) is 0 Å². The zero-order valence-electron chi connectivity index (χ0n) is 6.10. The van der Waals surface area contributed by atoms with E-state index >= 15 is 0 Å². The van der Waals surface area contributed by atoms with Gasteiger partial charge in [0.15, 0.2) is 12.1 Å². The molecular weight excluding hydrogens is 100 g/mol. The van der Waals surface area contributed by atoms with Crippen molar-refractivity contribution in [1.29, 1.82) is 5.53 Å². The molecule has 1 N–H and O–H groups in total. The van der Waals surface area contributed by atoms with E-state index in [-0.39, 0.29) is 0 Å². The zero-order chi connectivity index (χ0) is 6.73. The van der Waals surface area contributed by atoms with Crippen LogP contribution < -0.4 is 0 Å². The highest BCUT2D eigenvalue weighted by atomic mass is 15.2. The third kappa shape index (κ3) is 2.05. The molecule has 0 saturated heterocycles. The molecule has 2 nitrogen and oxygen atoms in total. The largest absolute Gasteiger partial charge is 0.172 e. The minimum Gasteiger partial charge on any atom is -0.126 e. The van der Waals surface area contributed by atoms with Gasteiger partial charge in [-0.25, -0.2) is 0 Å². The molecule has 0 fully saturated rings. The monoisotopic (exact) mass is 115 g/mol. The quantitative estimate of drug-likeness (QED) is 0.420. The van der Waals surface area contributed by atoms with Crippen molar-refractivity contribution in [3.8, 4) is 0 Å². The Morgan fingerprint density at radius 3 is 1.25 bits per heavy atom. The van der Waals surface area contributed by atoms with Gasteiger partial charge in [-0.15, -0.1) is 4.70 Å². The number of hydrogen-bond acceptors (Lipinski definition) is 1. The zero-order valence-corrected chi connectivity index (χ0v) is 6.10. The second kappa shape index (κ2) is 2.80. The highest BCUT2D eigenvalue weighted by Gasteiger charge is 2.12. The first-order valence-electron chi connectivity index (χ1n) is 3.05. The number of nitrogens with one attached hydrogen (secondary N) is 1. The summed E-state index contributed by atoms with van der Waals surface area (Å²) in [6.45, 7) is 8.08. The molecule has 0 atom stereocenters. The summed E-state index contributed by atoms with van der Waals surface area (Å²) < 4.78 is 1.58. The molecule has 0 aromatic heterocycles. The molecule has 0 aliphatic rings. The van der Waals surface area contributed by atoms with Gasteiger partial charge in [0.2, 0.25) is 0 Å². The van der Waals surface area contributed by atoms with Crippen LogP contribution in [-0.4, -0.2) is 16.8 Å². The summed E-state index contributed by atoms with van der Waals surface area (Å²) in [7, 11) is 0. The standard InChI is InChI=1S/C6H15N2/c1-5(2)8(7)6(3)4/h5-7H,1-4H3/q+1. The average Bonchev–Trinajstić information content (AvgIpc) is 1.64. The van der Waals surface area contributed by atoms with Gasteiger partial charge >= 0.3 is 0 Å². The van der Waals surface area contributed by atoms with Crippen LogP contribution in [0.15, 0.2) is 0 Å². The maximum atomic E-state index is 7.31. The molecule has 8 heavy (non-hydrogen) atoms. The summed E-state index contributed by atoms with van der Waals surface area (Å²) in [6.07, 6.45) is 0. The summed E-state index contributed by atoms with van der Waals surface area (Å²) in [5.41, 5.74) is 7.31. The molecule has 0 rings (SSSR count). The van der Waals surface area contributed by atoms with Gasteiger partial charge in [-0.05, 0) is 27.7 Å². The van der Waals surface area contributed by atoms with Crippen molar-refractivity contribution in [3.63, 3.8) is 0 Å². The van der Waals surface area contributed by atoms with Crippen LogP contribution in [0, 0.1) is 5.53 Å². The number of hydrogen-bond donors (Lipinski definition) is 1. The van der Waals surface area contributed by atoms with Crippen LogP contribution in [0.1, 0.15) is 27.7 Å². The van der Waals surface area contributed by atoms with E-state index in [9.17, 15) is 0 Å². The van der Waals surface area contributed by atoms with Crippen molar-refractivity contribution in [2.24, 2.45) is 0 Å². The Kier molecular flexibility index (Phi) is 2.66. The third-order valence-corrected chi connectivity index (χ3v) is 1.11. The smallest absolute Gasteiger partial charge is 0.126 e. The molecule has 0 heterocycles. The van der Waals surface area contributed by atoms with Gasteiger partial charge in [-0.1, -0.05) is 5.53 Å². The summed E-state index contributed by atoms with van der Waals surface area (Å²) in [4.78, 5) is 0. The molecule has 0 amide bonds. The molecule has 0 aliphatic heterocycles. The first-order chi connectivity index (χ1) is 3.55. The summed E-state index contributed by atoms with van der Waals surface area (Å²) >= 11 is 0. The third-order valence-electron chi connectivity index (χ3n) is 1.11. The fourth-order valence-electron chi connectivity index (χ4n) is 0.596. The highest BCUT2D eigenvalue weighted by molar-refractivity contribution is 4.34. The molecule has 0 saturated carbocycles. The van der Waals surface area contributed by atoms with Gasteiger partial charge < -0.3 is 0 Å². The van der Waals surface area contributed by atoms with E-state index in [0.29, 0.717) is 12.1 Å². The fraction of sp³-hybridized carbons (Fsp3) is 1.00. The predicted octanol–water partition coefficient (Wildman–Crippen LogP) is 1.85. The van der Waals surface area contributed by atoms with Crippen molar-refractivity contribution >= 4 is 0 Å². The van der Waals surface area contributed by atoms with Crippen molar-refractivity contribution in [3.05, 3.63) is 0 Å². The van der Waals surface area contributed by atoms with Crippen LogP contribution in [-0.2, 0) is 0 Å². The van der Waals surface area contributed by atoms with Crippen molar-refractivity contribution in [1.82, 2.24) is 0 Å². The molecule has 48 valence electrons. The van der Waals surface area contributed by atoms with Crippen molar-refractivity contribution in [2.75, 3.05) is 0 Å². The minimum atomic E-state index is 0.343. The van der Waals surface area contributed by atoms with Crippen LogP contribution in [0.4, 0.5) is 0 Å². The van der Waals surface area contributed by atoms with E-state index in [1.54, 1.807) is 4.70 Å². The second-order valence-corrected chi connectivity index (χ2v) is 2.59. The SMILES string of the molecule is CC(C)[N+](=N)C(C)C. The fourth-order valence-corrected chi connectivity index (χ4v) is 0.596. The van der Waals surface area contributed by atoms with E-state index in [2.05, 4.69) is 0 Å². The van der Waals surface area contributed by atoms with Crippen LogP contribution in [0.25, 0.3) is 0 Å². The predicted molar refractivity (Wildman–Crippen MR) is 33.3 cm³/mol. The second-order valence-electron chi connectivity index (χ2n) is 2.59. The Morgan fingerprint density at radius 1 is 1.00 bits per heavy atom. The summed E-state index contributed by atoms with van der Waals surface area (Å²) in [5.74, 6) is 0. The maximum Gasteiger partial charge on any atom is 0.172 e. The lowest BCUT2D eigenvalue weighted by atomic mass is 10.3. The lowest BCUT2D eigenvalue weighted by molar-refractivity contribution is -0.667. The molecule has 0 aromatic carbocycles. The summed E-state index contributed by atoms with van der Waals surface area (Å²) in [5, 5.41) is 0. The normalized spacial score (nSPS) is 10.8. The van der Waals surface area contributed by atoms with Crippen LogP contribution in [0.2, 0.25) is 0 Å². The number of nitrogens with zero attached hydrogens (tertiary/aromatic N) is 1. The van der Waals surface area contributed by atoms with E-state index < -0.39 is 0 Å². The minimum absolute atomic E-state index is 0.343. The Morgan fingerprint density at radius 2 is 1.25 bits per heavy atom. The van der Waals surface area contributed by atoms with E-state index in [1.807, 2.05) is 27.7 Å². The molecular formula is C6H15N2+. The van der Waals surface area contributed by atoms with E-state index in [0.717, 1.165) is 0 Å². The first-order valence-corrected chi connectivity index (χ1v) is 3.05. The van der Waals surface area contributed by atoms with Crippen molar-refractivity contribution in [2.45, 2.75) is 39.8 Å². The van der Waals surface area contributed by atoms with Gasteiger partial charge in [0, 0.05) is 0 Å². The Hall–Kier alpha value is -0.400. The van der Waals surface area contributed by atoms with E-state index in [1.165, 1.54) is 0 Å². The molecule has 0 spiro atoms. The summed E-state index contributed by atoms with van der Waals surface area (Å²) in [6, 6.07) is 0.685. The molecule has 0 aliphatic carbocycles. The molecule has 0 radical (unpaired) electrons. The van der Waals surface area contributed by atoms with Gasteiger partial charge in [0.1, 0.15) is 0 Å². The van der Waals surface area contributed by atoms with E-state index in [4.69, 9.17) is 5.53 Å². The molecule has 0 aromatic rings. The molecule has 0 bridgehead atoms. The lowest BCUT2D eigenvalue weighted by Crippen LogP contribution is -2.23. The van der Waals surface area contributed by atoms with Crippen molar-refractivity contribution < 1.29 is 4.70 Å². The topological polar surface area (TPSA) is 26.9 Å². The number of rotatable bonds is 2. The van der Waals surface area contributed by atoms with Gasteiger partial charge in [0.05, 0.1) is 0 Å². The van der Waals surface area contributed by atoms with Crippen LogP contribution in [0.3, 0.4) is 0 Å². The Balaban J connectivity index is 3.65. The van der Waals surface area contributed by atoms with Gasteiger partial charge in [0.25, 0.3) is 0 Å². The highest BCUT2D eigenvalue weighted by Crippen LogP contribution is 1.93. The average molecular weight is 115 g/mol. The van der Waals surface area contributed by atoms with Crippen LogP contribution in [0.5, 0.6) is 0 Å². The Bertz CT molecular complexity index is 74.5. The van der Waals surface area contributed by atoms with Gasteiger partial charge in [-0.3, -0.25) is 0 Å². The lowest BCUT2D eigenvalue weighted by Gasteiger charge is -2.03. The first kappa shape index (κ1) is 7.60. The Labute approximate surface area is 51.0 Å². The van der Waals surface area contributed by atoms with Crippen LogP contribution >= 0.6 is 0 Å². The maximum absolute atomic E-state index is 7.31.